The molecular formula is C14H17N2NaO2S. The second-order valence-corrected chi connectivity index (χ2v) is 6.48. The first-order chi connectivity index (χ1) is 9.06. The Hall–Kier alpha value is -0.360. The van der Waals surface area contributed by atoms with Crippen LogP contribution in [-0.2, 0) is 24.1 Å². The molecule has 102 valence electrons. The zero-order valence-electron chi connectivity index (χ0n) is 12.2. The third-order valence-electron chi connectivity index (χ3n) is 4.09. The van der Waals surface area contributed by atoms with E-state index in [9.17, 15) is 9.90 Å². The van der Waals surface area contributed by atoms with Crippen molar-refractivity contribution in [3.8, 4) is 0 Å². The summed E-state index contributed by atoms with van der Waals surface area (Å²) in [7, 11) is 0. The van der Waals surface area contributed by atoms with Crippen LogP contribution in [0.2, 0.25) is 0 Å². The number of aliphatic carboxylic acids is 1. The average molecular weight is 300 g/mol. The summed E-state index contributed by atoms with van der Waals surface area (Å²) in [4.78, 5) is 16.4. The molecule has 20 heavy (non-hydrogen) atoms. The van der Waals surface area contributed by atoms with E-state index in [4.69, 9.17) is 0 Å². The number of hydrogen-bond donors (Lipinski definition) is 0. The topological polar surface area (TPSA) is 57.4 Å². The summed E-state index contributed by atoms with van der Waals surface area (Å²) in [5, 5.41) is 12.7. The molecule has 1 aliphatic carbocycles. The molecule has 1 unspecified atom stereocenters. The second kappa shape index (κ2) is 6.18. The van der Waals surface area contributed by atoms with Crippen molar-refractivity contribution in [2.45, 2.75) is 39.5 Å². The molecule has 2 aromatic rings. The summed E-state index contributed by atoms with van der Waals surface area (Å²) in [6, 6.07) is 0. The summed E-state index contributed by atoms with van der Waals surface area (Å²) in [5.41, 5.74) is 3.18. The quantitative estimate of drug-likeness (QED) is 0.645. The molecule has 1 aliphatic rings. The van der Waals surface area contributed by atoms with E-state index in [-0.39, 0.29) is 36.0 Å². The van der Waals surface area contributed by atoms with Gasteiger partial charge in [-0.25, -0.2) is 4.98 Å². The monoisotopic (exact) mass is 300 g/mol. The number of carbonyl (C=O) groups is 1. The molecule has 2 aromatic heterocycles. The third-order valence-corrected chi connectivity index (χ3v) is 4.96. The SMILES string of the molecule is CC(C)C1CCc2nc3scc(CC(=O)[O-])n3c2C1.[Na+]. The number of fused-ring (bicyclic) bond motifs is 3. The Morgan fingerprint density at radius 2 is 2.35 bits per heavy atom. The molecule has 4 nitrogen and oxygen atoms in total. The Morgan fingerprint density at radius 3 is 3.00 bits per heavy atom. The van der Waals surface area contributed by atoms with Gasteiger partial charge in [0, 0.05) is 29.2 Å². The maximum Gasteiger partial charge on any atom is 1.00 e. The van der Waals surface area contributed by atoms with Crippen molar-refractivity contribution in [1.29, 1.82) is 0 Å². The van der Waals surface area contributed by atoms with Crippen molar-refractivity contribution >= 4 is 22.3 Å². The zero-order chi connectivity index (χ0) is 13.6. The first-order valence-corrected chi connectivity index (χ1v) is 7.60. The van der Waals surface area contributed by atoms with Crippen LogP contribution in [0.15, 0.2) is 5.38 Å². The summed E-state index contributed by atoms with van der Waals surface area (Å²) in [6.07, 6.45) is 3.17. The molecule has 1 atom stereocenters. The standard InChI is InChI=1S/C14H18N2O2S.Na/c1-8(2)9-3-4-11-12(5-9)16-10(6-13(17)18)7-19-14(16)15-11;/h7-9H,3-6H2,1-2H3,(H,17,18);/q;+1/p-1. The van der Waals surface area contributed by atoms with Crippen LogP contribution in [0.25, 0.3) is 4.96 Å². The molecule has 0 amide bonds. The van der Waals surface area contributed by atoms with E-state index in [1.54, 1.807) is 0 Å². The van der Waals surface area contributed by atoms with Gasteiger partial charge in [-0.3, -0.25) is 4.40 Å². The maximum absolute atomic E-state index is 10.8. The number of carboxylic acid groups (broad SMARTS) is 1. The predicted octanol–water partition coefficient (Wildman–Crippen LogP) is -1.55. The van der Waals surface area contributed by atoms with Gasteiger partial charge in [0.25, 0.3) is 0 Å². The van der Waals surface area contributed by atoms with E-state index >= 15 is 0 Å². The summed E-state index contributed by atoms with van der Waals surface area (Å²) >= 11 is 1.52. The summed E-state index contributed by atoms with van der Waals surface area (Å²) < 4.78 is 2.05. The molecule has 0 radical (unpaired) electrons. The number of thiazole rings is 1. The van der Waals surface area contributed by atoms with E-state index in [1.165, 1.54) is 23.5 Å². The molecule has 0 saturated carbocycles. The molecule has 3 rings (SSSR count). The Kier molecular flexibility index (Phi) is 4.95. The van der Waals surface area contributed by atoms with Gasteiger partial charge in [0.05, 0.1) is 5.69 Å². The van der Waals surface area contributed by atoms with Crippen molar-refractivity contribution in [3.05, 3.63) is 22.5 Å². The van der Waals surface area contributed by atoms with Crippen LogP contribution in [0.1, 0.15) is 37.4 Å². The van der Waals surface area contributed by atoms with Gasteiger partial charge < -0.3 is 9.90 Å². The smallest absolute Gasteiger partial charge is 0.550 e. The first kappa shape index (κ1) is 16.0. The number of carboxylic acids is 1. The fourth-order valence-electron chi connectivity index (χ4n) is 2.94. The van der Waals surface area contributed by atoms with E-state index in [0.717, 1.165) is 29.2 Å². The Bertz CT molecular complexity index is 632. The zero-order valence-corrected chi connectivity index (χ0v) is 15.0. The predicted molar refractivity (Wildman–Crippen MR) is 72.1 cm³/mol. The van der Waals surface area contributed by atoms with E-state index in [2.05, 4.69) is 18.8 Å². The minimum atomic E-state index is -1.03. The maximum atomic E-state index is 10.8. The average Bonchev–Trinajstić information content (AvgIpc) is 2.87. The van der Waals surface area contributed by atoms with E-state index in [1.807, 2.05) is 9.78 Å². The van der Waals surface area contributed by atoms with Gasteiger partial charge in [0.2, 0.25) is 0 Å². The Balaban J connectivity index is 0.00000147. The number of rotatable bonds is 3. The van der Waals surface area contributed by atoms with Gasteiger partial charge in [-0.15, -0.1) is 11.3 Å². The normalized spacial score (nSPS) is 18.1. The Labute approximate surface area is 144 Å². The van der Waals surface area contributed by atoms with Gasteiger partial charge in [0.1, 0.15) is 0 Å². The third kappa shape index (κ3) is 2.82. The van der Waals surface area contributed by atoms with E-state index in [0.29, 0.717) is 11.8 Å². The molecule has 0 aliphatic heterocycles. The molecule has 0 saturated heterocycles. The van der Waals surface area contributed by atoms with Crippen molar-refractivity contribution in [2.24, 2.45) is 11.8 Å². The van der Waals surface area contributed by atoms with Gasteiger partial charge in [-0.2, -0.15) is 0 Å². The van der Waals surface area contributed by atoms with Crippen molar-refractivity contribution < 1.29 is 39.5 Å². The summed E-state index contributed by atoms with van der Waals surface area (Å²) in [6.45, 7) is 4.51. The second-order valence-electron chi connectivity index (χ2n) is 5.65. The molecular weight excluding hydrogens is 283 g/mol. The fraction of sp³-hybridized carbons (Fsp3) is 0.571. The van der Waals surface area contributed by atoms with E-state index < -0.39 is 5.97 Å². The van der Waals surface area contributed by atoms with Gasteiger partial charge >= 0.3 is 29.6 Å². The number of aromatic nitrogens is 2. The first-order valence-electron chi connectivity index (χ1n) is 6.72. The van der Waals surface area contributed by atoms with Crippen LogP contribution in [0.4, 0.5) is 0 Å². The van der Waals surface area contributed by atoms with Crippen LogP contribution < -0.4 is 34.7 Å². The number of aryl methyl sites for hydroxylation is 1. The van der Waals surface area contributed by atoms with Crippen LogP contribution >= 0.6 is 11.3 Å². The van der Waals surface area contributed by atoms with Crippen molar-refractivity contribution in [1.82, 2.24) is 9.38 Å². The van der Waals surface area contributed by atoms with Crippen molar-refractivity contribution in [2.75, 3.05) is 0 Å². The summed E-state index contributed by atoms with van der Waals surface area (Å²) in [5.74, 6) is 0.295. The fourth-order valence-corrected chi connectivity index (χ4v) is 3.87. The van der Waals surface area contributed by atoms with Gasteiger partial charge in [-0.1, -0.05) is 13.8 Å². The number of hydrogen-bond acceptors (Lipinski definition) is 4. The number of carbonyl (C=O) groups excluding carboxylic acids is 1. The molecule has 0 aromatic carbocycles. The van der Waals surface area contributed by atoms with Crippen LogP contribution in [0.3, 0.4) is 0 Å². The Morgan fingerprint density at radius 1 is 1.60 bits per heavy atom. The van der Waals surface area contributed by atoms with Crippen LogP contribution in [-0.4, -0.2) is 15.4 Å². The van der Waals surface area contributed by atoms with Gasteiger partial charge in [-0.05, 0) is 31.1 Å². The largest absolute Gasteiger partial charge is 1.00 e. The van der Waals surface area contributed by atoms with Crippen LogP contribution in [0.5, 0.6) is 0 Å². The molecule has 6 heteroatoms. The molecule has 0 N–H and O–H groups in total. The van der Waals surface area contributed by atoms with Crippen molar-refractivity contribution in [3.63, 3.8) is 0 Å². The minimum absolute atomic E-state index is 0. The molecule has 0 spiro atoms. The van der Waals surface area contributed by atoms with Gasteiger partial charge in [0.15, 0.2) is 4.96 Å². The molecule has 0 fully saturated rings. The molecule has 2 heterocycles. The number of nitrogens with zero attached hydrogens (tertiary/aromatic N) is 2. The minimum Gasteiger partial charge on any atom is -0.550 e. The number of imidazole rings is 1. The molecule has 0 bridgehead atoms. The van der Waals surface area contributed by atoms with Crippen LogP contribution in [0, 0.1) is 11.8 Å².